The van der Waals surface area contributed by atoms with Gasteiger partial charge in [-0.15, -0.1) is 0 Å². The fourth-order valence-corrected chi connectivity index (χ4v) is 5.46. The molecule has 0 saturated carbocycles. The molecule has 1 unspecified atom stereocenters. The summed E-state index contributed by atoms with van der Waals surface area (Å²) in [6.07, 6.45) is 2.03. The molecule has 1 atom stereocenters. The average molecular weight is 480 g/mol. The van der Waals surface area contributed by atoms with Gasteiger partial charge in [0.05, 0.1) is 22.8 Å². The second-order valence-electron chi connectivity index (χ2n) is 6.83. The number of piperazine rings is 1. The Kier molecular flexibility index (Phi) is 6.87. The van der Waals surface area contributed by atoms with Gasteiger partial charge in [0.25, 0.3) is 6.20 Å². The molecule has 1 fully saturated rings. The molecule has 0 amide bonds. The van der Waals surface area contributed by atoms with Gasteiger partial charge in [0.15, 0.2) is 0 Å². The number of hydrogen-bond acceptors (Lipinski definition) is 7. The highest BCUT2D eigenvalue weighted by molar-refractivity contribution is 7.90. The molecular formula is C16H24ClN6O5S2+. The molecule has 0 bridgehead atoms. The van der Waals surface area contributed by atoms with Crippen LogP contribution in [-0.4, -0.2) is 58.6 Å². The zero-order chi connectivity index (χ0) is 21.9. The van der Waals surface area contributed by atoms with E-state index in [4.69, 9.17) is 16.1 Å². The summed E-state index contributed by atoms with van der Waals surface area (Å²) in [7, 11) is -7.41. The number of anilines is 1. The fourth-order valence-electron chi connectivity index (χ4n) is 2.80. The topological polar surface area (TPSA) is 129 Å². The molecule has 1 aliphatic heterocycles. The maximum Gasteiger partial charge on any atom is 0.313 e. The van der Waals surface area contributed by atoms with Crippen LogP contribution in [0.15, 0.2) is 39.9 Å². The molecule has 2 N–H and O–H groups in total. The summed E-state index contributed by atoms with van der Waals surface area (Å²) in [4.78, 5) is 1.54. The molecule has 11 nitrogen and oxygen atoms in total. The SMILES string of the molecule is CCC(C)NS(=O)(=O)Nc1c[n+](N2CCN(S(=O)(=O)c3ccc(Cl)cc3)CC2)no1. The van der Waals surface area contributed by atoms with E-state index in [1.165, 1.54) is 39.6 Å². The van der Waals surface area contributed by atoms with Gasteiger partial charge >= 0.3 is 16.1 Å². The van der Waals surface area contributed by atoms with Crippen LogP contribution in [0.3, 0.4) is 0 Å². The van der Waals surface area contributed by atoms with Crippen molar-refractivity contribution in [1.29, 1.82) is 0 Å². The number of halogens is 1. The van der Waals surface area contributed by atoms with E-state index in [1.807, 2.05) is 6.92 Å². The van der Waals surface area contributed by atoms with E-state index in [1.54, 1.807) is 11.9 Å². The molecule has 0 aliphatic carbocycles. The molecule has 2 aromatic rings. The second kappa shape index (κ2) is 9.06. The number of nitrogens with zero attached hydrogens (tertiary/aromatic N) is 4. The van der Waals surface area contributed by atoms with Gasteiger partial charge in [-0.1, -0.05) is 18.5 Å². The van der Waals surface area contributed by atoms with Gasteiger partial charge in [-0.25, -0.2) is 13.1 Å². The number of nitrogens with one attached hydrogen (secondary N) is 2. The minimum Gasteiger partial charge on any atom is -0.279 e. The molecule has 166 valence electrons. The summed E-state index contributed by atoms with van der Waals surface area (Å²) < 4.78 is 60.8. The Morgan fingerprint density at radius 2 is 1.80 bits per heavy atom. The molecule has 0 radical (unpaired) electrons. The van der Waals surface area contributed by atoms with E-state index >= 15 is 0 Å². The van der Waals surface area contributed by atoms with Crippen molar-refractivity contribution in [2.75, 3.05) is 35.9 Å². The fraction of sp³-hybridized carbons (Fsp3) is 0.500. The van der Waals surface area contributed by atoms with Crippen LogP contribution in [0.25, 0.3) is 0 Å². The predicted octanol–water partition coefficient (Wildman–Crippen LogP) is 0.303. The highest BCUT2D eigenvalue weighted by atomic mass is 35.5. The molecule has 1 aromatic carbocycles. The van der Waals surface area contributed by atoms with E-state index in [9.17, 15) is 16.8 Å². The summed E-state index contributed by atoms with van der Waals surface area (Å²) >= 11 is 5.83. The Bertz CT molecular complexity index is 1070. The number of sulfonamides is 1. The third-order valence-electron chi connectivity index (χ3n) is 4.62. The van der Waals surface area contributed by atoms with Crippen LogP contribution in [0.4, 0.5) is 5.88 Å². The van der Waals surface area contributed by atoms with Gasteiger partial charge in [-0.05, 0) is 37.6 Å². The molecule has 30 heavy (non-hydrogen) atoms. The van der Waals surface area contributed by atoms with Gasteiger partial charge in [-0.3, -0.25) is 4.52 Å². The lowest BCUT2D eigenvalue weighted by Crippen LogP contribution is -2.65. The van der Waals surface area contributed by atoms with Crippen molar-refractivity contribution in [1.82, 2.24) is 14.3 Å². The summed E-state index contributed by atoms with van der Waals surface area (Å²) in [5.74, 6) is -0.0537. The average Bonchev–Trinajstić information content (AvgIpc) is 3.15. The first-order valence-electron chi connectivity index (χ1n) is 9.30. The third-order valence-corrected chi connectivity index (χ3v) is 7.96. The Hall–Kier alpha value is -1.93. The predicted molar refractivity (Wildman–Crippen MR) is 110 cm³/mol. The van der Waals surface area contributed by atoms with Crippen molar-refractivity contribution in [3.05, 3.63) is 35.5 Å². The maximum atomic E-state index is 12.8. The van der Waals surface area contributed by atoms with E-state index in [-0.39, 0.29) is 29.9 Å². The van der Waals surface area contributed by atoms with Crippen molar-refractivity contribution in [2.24, 2.45) is 0 Å². The standard InChI is InChI=1S/C16H24ClN6O5S2/c1-3-13(2)18-30(26,27)19-16-12-23(20-28-16)21-8-10-22(11-9-21)29(24,25)15-6-4-14(17)5-7-15/h4-7,12-13,18-19H,3,8-11H2,1-2H3/q+1. The lowest BCUT2D eigenvalue weighted by atomic mass is 10.3. The minimum absolute atomic E-state index is 0.0537. The maximum absolute atomic E-state index is 12.8. The van der Waals surface area contributed by atoms with Crippen LogP contribution in [0.1, 0.15) is 20.3 Å². The molecule has 1 saturated heterocycles. The van der Waals surface area contributed by atoms with Crippen molar-refractivity contribution in [3.63, 3.8) is 0 Å². The number of rotatable bonds is 8. The highest BCUT2D eigenvalue weighted by Crippen LogP contribution is 2.19. The van der Waals surface area contributed by atoms with Crippen LogP contribution in [0.2, 0.25) is 5.02 Å². The lowest BCUT2D eigenvalue weighted by molar-refractivity contribution is -0.759. The van der Waals surface area contributed by atoms with E-state index in [0.717, 1.165) is 0 Å². The normalized spacial score (nSPS) is 17.1. The summed E-state index contributed by atoms with van der Waals surface area (Å²) in [6.45, 7) is 4.78. The van der Waals surface area contributed by atoms with Crippen molar-refractivity contribution < 1.29 is 26.1 Å². The molecule has 1 aromatic heterocycles. The van der Waals surface area contributed by atoms with Gasteiger partial charge in [0.1, 0.15) is 0 Å². The number of aromatic nitrogens is 2. The first-order chi connectivity index (χ1) is 14.1. The zero-order valence-electron chi connectivity index (χ0n) is 16.5. The Morgan fingerprint density at radius 3 is 2.40 bits per heavy atom. The molecule has 14 heteroatoms. The van der Waals surface area contributed by atoms with Gasteiger partial charge < -0.3 is 0 Å². The van der Waals surface area contributed by atoms with Gasteiger partial charge in [0.2, 0.25) is 15.3 Å². The first kappa shape index (κ1) is 22.7. The van der Waals surface area contributed by atoms with Crippen LogP contribution < -0.4 is 19.2 Å². The Balaban J connectivity index is 1.61. The molecule has 0 spiro atoms. The van der Waals surface area contributed by atoms with Crippen molar-refractivity contribution in [2.45, 2.75) is 31.2 Å². The van der Waals surface area contributed by atoms with Gasteiger partial charge in [0, 0.05) is 24.2 Å². The Labute approximate surface area is 180 Å². The van der Waals surface area contributed by atoms with E-state index < -0.39 is 20.2 Å². The lowest BCUT2D eigenvalue weighted by Gasteiger charge is -2.29. The number of hydrogen-bond donors (Lipinski definition) is 2. The molecule has 2 heterocycles. The van der Waals surface area contributed by atoms with Crippen LogP contribution in [0, 0.1) is 0 Å². The smallest absolute Gasteiger partial charge is 0.279 e. The summed E-state index contributed by atoms with van der Waals surface area (Å²) in [5, 5.41) is 6.02. The zero-order valence-corrected chi connectivity index (χ0v) is 18.9. The third kappa shape index (κ3) is 5.40. The summed E-state index contributed by atoms with van der Waals surface area (Å²) in [5.41, 5.74) is 0. The number of benzene rings is 1. The largest absolute Gasteiger partial charge is 0.313 e. The van der Waals surface area contributed by atoms with Gasteiger partial charge in [-0.2, -0.15) is 22.5 Å². The van der Waals surface area contributed by atoms with Crippen molar-refractivity contribution >= 4 is 37.7 Å². The van der Waals surface area contributed by atoms with Crippen LogP contribution in [0.5, 0.6) is 0 Å². The Morgan fingerprint density at radius 1 is 1.17 bits per heavy atom. The van der Waals surface area contributed by atoms with E-state index in [0.29, 0.717) is 24.5 Å². The molecule has 1 aliphatic rings. The first-order valence-corrected chi connectivity index (χ1v) is 12.6. The minimum atomic E-state index is -3.79. The highest BCUT2D eigenvalue weighted by Gasteiger charge is 2.33. The van der Waals surface area contributed by atoms with Crippen LogP contribution in [-0.2, 0) is 20.2 Å². The monoisotopic (exact) mass is 479 g/mol. The van der Waals surface area contributed by atoms with E-state index in [2.05, 4.69) is 14.7 Å². The second-order valence-corrected chi connectivity index (χ2v) is 10.7. The van der Waals surface area contributed by atoms with Crippen molar-refractivity contribution in [3.8, 4) is 0 Å². The quantitative estimate of drug-likeness (QED) is 0.521. The summed E-state index contributed by atoms with van der Waals surface area (Å²) in [6, 6.07) is 5.79. The molecular weight excluding hydrogens is 456 g/mol. The van der Waals surface area contributed by atoms with Crippen LogP contribution >= 0.6 is 11.6 Å². The molecule has 3 rings (SSSR count).